The lowest BCUT2D eigenvalue weighted by molar-refractivity contribution is 0.421. The summed E-state index contributed by atoms with van der Waals surface area (Å²) in [4.78, 5) is 8.82. The average Bonchev–Trinajstić information content (AvgIpc) is 2.86. The summed E-state index contributed by atoms with van der Waals surface area (Å²) in [6.45, 7) is 3.85. The average molecular weight is 265 g/mol. The van der Waals surface area contributed by atoms with E-state index in [9.17, 15) is 0 Å². The number of hydrogen-bond acceptors (Lipinski definition) is 4. The first-order chi connectivity index (χ1) is 9.19. The molecule has 1 heterocycles. The first kappa shape index (κ1) is 13.9. The van der Waals surface area contributed by atoms with Gasteiger partial charge in [-0.25, -0.2) is 15.8 Å². The number of oxazole rings is 1. The summed E-state index contributed by atoms with van der Waals surface area (Å²) < 4.78 is 5.48. The van der Waals surface area contributed by atoms with Gasteiger partial charge in [0.15, 0.2) is 0 Å². The zero-order valence-electron chi connectivity index (χ0n) is 11.6. The van der Waals surface area contributed by atoms with Crippen LogP contribution in [0.15, 0.2) is 15.6 Å². The molecule has 1 aromatic heterocycles. The number of hydrogen-bond donors (Lipinski definition) is 3. The van der Waals surface area contributed by atoms with E-state index in [1.807, 2.05) is 13.8 Å². The minimum absolute atomic E-state index is 0.0629. The van der Waals surface area contributed by atoms with Crippen molar-refractivity contribution >= 4 is 5.96 Å². The van der Waals surface area contributed by atoms with E-state index in [0.717, 1.165) is 18.6 Å². The summed E-state index contributed by atoms with van der Waals surface area (Å²) in [5, 5.41) is 3.20. The van der Waals surface area contributed by atoms with Gasteiger partial charge in [-0.05, 0) is 26.7 Å². The van der Waals surface area contributed by atoms with Gasteiger partial charge in [-0.2, -0.15) is 0 Å². The lowest BCUT2D eigenvalue weighted by Crippen LogP contribution is -2.43. The predicted molar refractivity (Wildman–Crippen MR) is 74.4 cm³/mol. The number of aliphatic imine (C=N–C) groups is 1. The fraction of sp³-hybridized carbons (Fsp3) is 0.692. The quantitative estimate of drug-likeness (QED) is 0.335. The molecule has 1 fully saturated rings. The molecule has 1 saturated carbocycles. The zero-order chi connectivity index (χ0) is 13.7. The largest absolute Gasteiger partial charge is 0.444 e. The molecule has 1 aliphatic rings. The molecule has 4 N–H and O–H groups in total. The lowest BCUT2D eigenvalue weighted by Gasteiger charge is -2.20. The number of nitrogens with two attached hydrogens (primary N) is 1. The minimum atomic E-state index is -0.0629. The Labute approximate surface area is 113 Å². The van der Waals surface area contributed by atoms with Crippen molar-refractivity contribution in [2.45, 2.75) is 58.0 Å². The van der Waals surface area contributed by atoms with Crippen molar-refractivity contribution in [3.63, 3.8) is 0 Å². The van der Waals surface area contributed by atoms with Crippen LogP contribution in [0.1, 0.15) is 56.7 Å². The number of aromatic nitrogens is 1. The third-order valence-corrected chi connectivity index (χ3v) is 3.39. The Bertz CT molecular complexity index is 422. The Kier molecular flexibility index (Phi) is 4.79. The van der Waals surface area contributed by atoms with E-state index < -0.39 is 0 Å². The maximum absolute atomic E-state index is 5.53. The number of nitrogens with zero attached hydrogens (tertiary/aromatic N) is 2. The van der Waals surface area contributed by atoms with Crippen LogP contribution in [0.25, 0.3) is 0 Å². The van der Waals surface area contributed by atoms with E-state index in [2.05, 4.69) is 20.7 Å². The highest BCUT2D eigenvalue weighted by atomic mass is 16.4. The van der Waals surface area contributed by atoms with Gasteiger partial charge >= 0.3 is 0 Å². The van der Waals surface area contributed by atoms with Gasteiger partial charge in [-0.1, -0.05) is 19.3 Å². The Hall–Kier alpha value is -1.56. The van der Waals surface area contributed by atoms with Crippen molar-refractivity contribution in [2.24, 2.45) is 10.8 Å². The van der Waals surface area contributed by atoms with E-state index in [0.29, 0.717) is 17.9 Å². The van der Waals surface area contributed by atoms with Crippen LogP contribution in [0, 0.1) is 6.92 Å². The lowest BCUT2D eigenvalue weighted by atomic mass is 9.96. The Morgan fingerprint density at radius 1 is 1.47 bits per heavy atom. The third-order valence-electron chi connectivity index (χ3n) is 3.39. The summed E-state index contributed by atoms with van der Waals surface area (Å²) in [6.07, 6.45) is 7.80. The van der Waals surface area contributed by atoms with Crippen LogP contribution in [0.3, 0.4) is 0 Å². The van der Waals surface area contributed by atoms with Crippen molar-refractivity contribution in [3.8, 4) is 0 Å². The van der Waals surface area contributed by atoms with Crippen LogP contribution in [-0.4, -0.2) is 17.0 Å². The molecule has 19 heavy (non-hydrogen) atoms. The van der Waals surface area contributed by atoms with Gasteiger partial charge < -0.3 is 9.73 Å². The van der Waals surface area contributed by atoms with Gasteiger partial charge in [-0.15, -0.1) is 0 Å². The highest BCUT2D eigenvalue weighted by Gasteiger charge is 2.16. The molecular weight excluding hydrogens is 242 g/mol. The fourth-order valence-corrected chi connectivity index (χ4v) is 2.35. The van der Waals surface area contributed by atoms with Gasteiger partial charge in [0.25, 0.3) is 0 Å². The standard InChI is InChI=1S/C13H23N5O/c1-9-8-15-12(19-9)10(2)16-13(18-14)17-11-6-4-3-5-7-11/h8,10-11H,3-7,14H2,1-2H3,(H2,16,17,18). The van der Waals surface area contributed by atoms with Crippen molar-refractivity contribution in [3.05, 3.63) is 17.8 Å². The fourth-order valence-electron chi connectivity index (χ4n) is 2.35. The molecule has 1 atom stereocenters. The Morgan fingerprint density at radius 2 is 2.21 bits per heavy atom. The highest BCUT2D eigenvalue weighted by Crippen LogP contribution is 2.20. The highest BCUT2D eigenvalue weighted by molar-refractivity contribution is 5.79. The summed E-state index contributed by atoms with van der Waals surface area (Å²) in [7, 11) is 0. The summed E-state index contributed by atoms with van der Waals surface area (Å²) in [6, 6.07) is 0.304. The summed E-state index contributed by atoms with van der Waals surface area (Å²) in [5.41, 5.74) is 2.63. The van der Waals surface area contributed by atoms with Crippen LogP contribution >= 0.6 is 0 Å². The molecule has 1 aromatic rings. The molecule has 0 radical (unpaired) electrons. The van der Waals surface area contributed by atoms with E-state index in [1.165, 1.54) is 19.3 Å². The third kappa shape index (κ3) is 3.96. The molecule has 2 rings (SSSR count). The molecule has 106 valence electrons. The van der Waals surface area contributed by atoms with Crippen LogP contribution in [0.2, 0.25) is 0 Å². The number of nitrogens with one attached hydrogen (secondary N) is 2. The molecule has 0 aromatic carbocycles. The number of rotatable bonds is 3. The maximum Gasteiger partial charge on any atom is 0.216 e. The van der Waals surface area contributed by atoms with E-state index in [-0.39, 0.29) is 6.04 Å². The molecule has 6 nitrogen and oxygen atoms in total. The number of aryl methyl sites for hydroxylation is 1. The van der Waals surface area contributed by atoms with Crippen molar-refractivity contribution < 1.29 is 4.42 Å². The predicted octanol–water partition coefficient (Wildman–Crippen LogP) is 1.79. The summed E-state index contributed by atoms with van der Waals surface area (Å²) >= 11 is 0. The molecule has 1 aliphatic carbocycles. The van der Waals surface area contributed by atoms with E-state index in [4.69, 9.17) is 10.3 Å². The summed E-state index contributed by atoms with van der Waals surface area (Å²) in [5.74, 6) is 7.58. The van der Waals surface area contributed by atoms with Crippen molar-refractivity contribution in [1.29, 1.82) is 0 Å². The molecule has 0 saturated heterocycles. The number of guanidine groups is 1. The smallest absolute Gasteiger partial charge is 0.216 e. The molecule has 0 amide bonds. The molecule has 0 aliphatic heterocycles. The van der Waals surface area contributed by atoms with Gasteiger partial charge in [0.1, 0.15) is 11.8 Å². The Balaban J connectivity index is 1.95. The molecular formula is C13H23N5O. The molecule has 0 spiro atoms. The van der Waals surface area contributed by atoms with Crippen LogP contribution < -0.4 is 16.6 Å². The second-order valence-corrected chi connectivity index (χ2v) is 5.09. The van der Waals surface area contributed by atoms with Crippen molar-refractivity contribution in [2.75, 3.05) is 0 Å². The topological polar surface area (TPSA) is 88.5 Å². The Morgan fingerprint density at radius 3 is 2.79 bits per heavy atom. The normalized spacial score (nSPS) is 19.2. The molecule has 6 heteroatoms. The minimum Gasteiger partial charge on any atom is -0.444 e. The first-order valence-electron chi connectivity index (χ1n) is 6.92. The number of hydrazine groups is 1. The molecule has 1 unspecified atom stereocenters. The van der Waals surface area contributed by atoms with Crippen molar-refractivity contribution in [1.82, 2.24) is 15.7 Å². The van der Waals surface area contributed by atoms with E-state index >= 15 is 0 Å². The SMILES string of the molecule is Cc1cnc(C(C)NC(=NC2CCCCC2)NN)o1. The second-order valence-electron chi connectivity index (χ2n) is 5.09. The first-order valence-corrected chi connectivity index (χ1v) is 6.92. The van der Waals surface area contributed by atoms with Crippen LogP contribution in [0.5, 0.6) is 0 Å². The van der Waals surface area contributed by atoms with Gasteiger partial charge in [0.05, 0.1) is 12.2 Å². The van der Waals surface area contributed by atoms with Gasteiger partial charge in [0, 0.05) is 0 Å². The zero-order valence-corrected chi connectivity index (χ0v) is 11.6. The molecule has 0 bridgehead atoms. The van der Waals surface area contributed by atoms with Crippen LogP contribution in [0.4, 0.5) is 0 Å². The maximum atomic E-state index is 5.53. The van der Waals surface area contributed by atoms with Gasteiger partial charge in [-0.3, -0.25) is 5.43 Å². The van der Waals surface area contributed by atoms with Gasteiger partial charge in [0.2, 0.25) is 11.9 Å². The van der Waals surface area contributed by atoms with Crippen LogP contribution in [-0.2, 0) is 0 Å². The second kappa shape index (κ2) is 6.56. The van der Waals surface area contributed by atoms with E-state index in [1.54, 1.807) is 6.20 Å². The monoisotopic (exact) mass is 265 g/mol.